The summed E-state index contributed by atoms with van der Waals surface area (Å²) in [5, 5.41) is 0. The molecule has 0 aliphatic rings. The predicted molar refractivity (Wildman–Crippen MR) is 83.9 cm³/mol. The second-order valence-electron chi connectivity index (χ2n) is 4.99. The number of ether oxygens (including phenoxy) is 1. The molecule has 0 saturated carbocycles. The van der Waals surface area contributed by atoms with Crippen LogP contribution in [0.15, 0.2) is 54.6 Å². The van der Waals surface area contributed by atoms with Gasteiger partial charge in [0.05, 0.1) is 6.61 Å². The van der Waals surface area contributed by atoms with E-state index >= 15 is 0 Å². The zero-order valence-corrected chi connectivity index (χ0v) is 12.1. The molecule has 0 bridgehead atoms. The number of aryl methyl sites for hydroxylation is 1. The summed E-state index contributed by atoms with van der Waals surface area (Å²) in [6, 6.07) is 18.6. The van der Waals surface area contributed by atoms with Gasteiger partial charge in [-0.15, -0.1) is 0 Å². The van der Waals surface area contributed by atoms with Crippen LogP contribution in [0.5, 0.6) is 5.75 Å². The fraction of sp³-hybridized carbons (Fsp3) is 0.333. The first-order chi connectivity index (χ1) is 9.81. The molecule has 2 N–H and O–H groups in total. The van der Waals surface area contributed by atoms with Crippen molar-refractivity contribution in [2.45, 2.75) is 32.2 Å². The average Bonchev–Trinajstić information content (AvgIpc) is 2.52. The summed E-state index contributed by atoms with van der Waals surface area (Å²) < 4.78 is 5.90. The monoisotopic (exact) mass is 269 g/mol. The van der Waals surface area contributed by atoms with Crippen molar-refractivity contribution < 1.29 is 4.74 Å². The smallest absolute Gasteiger partial charge is 0.124 e. The van der Waals surface area contributed by atoms with Crippen LogP contribution < -0.4 is 10.5 Å². The lowest BCUT2D eigenvalue weighted by Gasteiger charge is -2.15. The summed E-state index contributed by atoms with van der Waals surface area (Å²) in [7, 11) is 0. The van der Waals surface area contributed by atoms with Crippen LogP contribution in [0.4, 0.5) is 0 Å². The highest BCUT2D eigenvalue weighted by Crippen LogP contribution is 2.25. The Morgan fingerprint density at radius 3 is 2.45 bits per heavy atom. The molecule has 2 nitrogen and oxygen atoms in total. The predicted octanol–water partition coefficient (Wildman–Crippen LogP) is 4.11. The molecule has 1 atom stereocenters. The standard InChI is InChI=1S/C18H23NO/c1-2-17(19)16-12-6-7-13-18(16)20-14-8-11-15-9-4-3-5-10-15/h3-7,9-10,12-13,17H,2,8,11,14,19H2,1H3. The van der Waals surface area contributed by atoms with Crippen molar-refractivity contribution in [1.82, 2.24) is 0 Å². The lowest BCUT2D eigenvalue weighted by Crippen LogP contribution is -2.11. The highest BCUT2D eigenvalue weighted by atomic mass is 16.5. The number of rotatable bonds is 7. The summed E-state index contributed by atoms with van der Waals surface area (Å²) in [4.78, 5) is 0. The number of hydrogen-bond acceptors (Lipinski definition) is 2. The zero-order valence-electron chi connectivity index (χ0n) is 12.1. The maximum Gasteiger partial charge on any atom is 0.124 e. The van der Waals surface area contributed by atoms with E-state index in [2.05, 4.69) is 37.3 Å². The lowest BCUT2D eigenvalue weighted by atomic mass is 10.0. The fourth-order valence-corrected chi connectivity index (χ4v) is 2.24. The van der Waals surface area contributed by atoms with Crippen LogP contribution in [0.1, 0.15) is 36.9 Å². The second kappa shape index (κ2) is 7.71. The van der Waals surface area contributed by atoms with E-state index in [1.807, 2.05) is 24.3 Å². The highest BCUT2D eigenvalue weighted by Gasteiger charge is 2.09. The molecule has 0 fully saturated rings. The third-order valence-corrected chi connectivity index (χ3v) is 3.47. The molecule has 2 aromatic carbocycles. The van der Waals surface area contributed by atoms with Gasteiger partial charge in [-0.3, -0.25) is 0 Å². The molecule has 0 amide bonds. The Labute approximate surface area is 121 Å². The van der Waals surface area contributed by atoms with Gasteiger partial charge >= 0.3 is 0 Å². The highest BCUT2D eigenvalue weighted by molar-refractivity contribution is 5.35. The maximum absolute atomic E-state index is 6.11. The molecule has 0 aromatic heterocycles. The van der Waals surface area contributed by atoms with Crippen molar-refractivity contribution >= 4 is 0 Å². The van der Waals surface area contributed by atoms with Gasteiger partial charge in [-0.25, -0.2) is 0 Å². The number of nitrogens with two attached hydrogens (primary N) is 1. The molecule has 1 unspecified atom stereocenters. The minimum Gasteiger partial charge on any atom is -0.493 e. The first-order valence-electron chi connectivity index (χ1n) is 7.32. The van der Waals surface area contributed by atoms with Gasteiger partial charge in [0.2, 0.25) is 0 Å². The largest absolute Gasteiger partial charge is 0.493 e. The molecule has 0 aliphatic heterocycles. The molecule has 0 radical (unpaired) electrons. The second-order valence-corrected chi connectivity index (χ2v) is 4.99. The van der Waals surface area contributed by atoms with E-state index in [4.69, 9.17) is 10.5 Å². The van der Waals surface area contributed by atoms with Gasteiger partial charge in [-0.1, -0.05) is 55.5 Å². The Morgan fingerprint density at radius 1 is 1.00 bits per heavy atom. The molecule has 2 rings (SSSR count). The molecule has 106 valence electrons. The van der Waals surface area contributed by atoms with Crippen molar-refractivity contribution in [1.29, 1.82) is 0 Å². The van der Waals surface area contributed by atoms with Gasteiger partial charge in [-0.05, 0) is 30.9 Å². The van der Waals surface area contributed by atoms with E-state index in [1.165, 1.54) is 5.56 Å². The summed E-state index contributed by atoms with van der Waals surface area (Å²) in [5.41, 5.74) is 8.57. The molecule has 2 heteroatoms. The van der Waals surface area contributed by atoms with Crippen molar-refractivity contribution in [2.75, 3.05) is 6.61 Å². The molecular formula is C18H23NO. The van der Waals surface area contributed by atoms with Crippen LogP contribution in [0.25, 0.3) is 0 Å². The van der Waals surface area contributed by atoms with Crippen molar-refractivity contribution in [3.63, 3.8) is 0 Å². The van der Waals surface area contributed by atoms with Crippen molar-refractivity contribution in [3.8, 4) is 5.75 Å². The molecule has 2 aromatic rings. The Kier molecular flexibility index (Phi) is 5.63. The van der Waals surface area contributed by atoms with E-state index in [0.717, 1.165) is 37.2 Å². The number of para-hydroxylation sites is 1. The normalized spacial score (nSPS) is 12.1. The van der Waals surface area contributed by atoms with Crippen LogP contribution in [0, 0.1) is 0 Å². The van der Waals surface area contributed by atoms with E-state index in [0.29, 0.717) is 0 Å². The third kappa shape index (κ3) is 4.10. The molecule has 0 heterocycles. The van der Waals surface area contributed by atoms with Gasteiger partial charge in [0.25, 0.3) is 0 Å². The minimum atomic E-state index is 0.0559. The van der Waals surface area contributed by atoms with Gasteiger partial charge in [-0.2, -0.15) is 0 Å². The summed E-state index contributed by atoms with van der Waals surface area (Å²) in [6.07, 6.45) is 2.98. The molecule has 20 heavy (non-hydrogen) atoms. The van der Waals surface area contributed by atoms with Crippen LogP contribution in [-0.2, 0) is 6.42 Å². The van der Waals surface area contributed by atoms with Crippen LogP contribution in [0.2, 0.25) is 0 Å². The molecular weight excluding hydrogens is 246 g/mol. The molecule has 0 aliphatic carbocycles. The minimum absolute atomic E-state index is 0.0559. The zero-order chi connectivity index (χ0) is 14.2. The van der Waals surface area contributed by atoms with Gasteiger partial charge in [0, 0.05) is 11.6 Å². The summed E-state index contributed by atoms with van der Waals surface area (Å²) in [6.45, 7) is 2.82. The average molecular weight is 269 g/mol. The topological polar surface area (TPSA) is 35.2 Å². The third-order valence-electron chi connectivity index (χ3n) is 3.47. The van der Waals surface area contributed by atoms with Gasteiger partial charge < -0.3 is 10.5 Å². The SMILES string of the molecule is CCC(N)c1ccccc1OCCCc1ccccc1. The number of hydrogen-bond donors (Lipinski definition) is 1. The quantitative estimate of drug-likeness (QED) is 0.768. The Bertz CT molecular complexity index is 510. The van der Waals surface area contributed by atoms with Crippen molar-refractivity contribution in [3.05, 3.63) is 65.7 Å². The van der Waals surface area contributed by atoms with Gasteiger partial charge in [0.15, 0.2) is 0 Å². The van der Waals surface area contributed by atoms with E-state index in [9.17, 15) is 0 Å². The van der Waals surface area contributed by atoms with Crippen LogP contribution in [0.3, 0.4) is 0 Å². The molecule has 0 saturated heterocycles. The molecule has 0 spiro atoms. The first kappa shape index (κ1) is 14.6. The Balaban J connectivity index is 1.85. The lowest BCUT2D eigenvalue weighted by molar-refractivity contribution is 0.306. The maximum atomic E-state index is 6.11. The van der Waals surface area contributed by atoms with Crippen LogP contribution in [-0.4, -0.2) is 6.61 Å². The first-order valence-corrected chi connectivity index (χ1v) is 7.32. The van der Waals surface area contributed by atoms with Crippen molar-refractivity contribution in [2.24, 2.45) is 5.73 Å². The fourth-order valence-electron chi connectivity index (χ4n) is 2.24. The van der Waals surface area contributed by atoms with E-state index in [1.54, 1.807) is 0 Å². The van der Waals surface area contributed by atoms with Gasteiger partial charge in [0.1, 0.15) is 5.75 Å². The van der Waals surface area contributed by atoms with Crippen LogP contribution >= 0.6 is 0 Å². The summed E-state index contributed by atoms with van der Waals surface area (Å²) >= 11 is 0. The van der Waals surface area contributed by atoms with E-state index < -0.39 is 0 Å². The summed E-state index contributed by atoms with van der Waals surface area (Å²) in [5.74, 6) is 0.926. The number of benzene rings is 2. The Morgan fingerprint density at radius 2 is 1.70 bits per heavy atom. The Hall–Kier alpha value is -1.80. The van der Waals surface area contributed by atoms with E-state index in [-0.39, 0.29) is 6.04 Å².